The molecule has 222 valence electrons. The summed E-state index contributed by atoms with van der Waals surface area (Å²) in [5.41, 5.74) is 11.7. The Hall–Kier alpha value is -4.40. The second kappa shape index (κ2) is 12.9. The fraction of sp³-hybridized carbons (Fsp3) is 0.0526. The number of rotatable bonds is 4. The maximum atomic E-state index is 9.50. The van der Waals surface area contributed by atoms with Crippen LogP contribution in [0.3, 0.4) is 0 Å². The van der Waals surface area contributed by atoms with Crippen LogP contribution in [0.2, 0.25) is 0 Å². The van der Waals surface area contributed by atoms with Gasteiger partial charge >= 0.3 is 10.0 Å². The van der Waals surface area contributed by atoms with E-state index in [1.165, 1.54) is 53.9 Å². The zero-order chi connectivity index (χ0) is 30.8. The first-order valence-corrected chi connectivity index (χ1v) is 17.7. The zero-order valence-electron chi connectivity index (χ0n) is 25.0. The standard InChI is InChI=1S/C20H19NO2SSi.C18H13NS/c1-12-13(2)19(23-25-22)18-20(17(12)14-8-4-3-5-9-14)24-16-11-7-6-10-15(16)21-18;1-2-7-13(8-3-1)14-9-6-11-16-18(14)20-17-12-5-4-10-15(17)19-16/h3-11,21-22H,25H2,1-2H3;1-12,19H. The van der Waals surface area contributed by atoms with Crippen molar-refractivity contribution in [2.45, 2.75) is 33.4 Å². The first kappa shape index (κ1) is 29.3. The van der Waals surface area contributed by atoms with E-state index in [9.17, 15) is 4.80 Å². The molecule has 2 aliphatic heterocycles. The number of para-hydroxylation sites is 2. The largest absolute Gasteiger partial charge is 0.523 e. The van der Waals surface area contributed by atoms with Gasteiger partial charge in [-0.25, -0.2) is 0 Å². The van der Waals surface area contributed by atoms with E-state index in [0.29, 0.717) is 0 Å². The van der Waals surface area contributed by atoms with Crippen LogP contribution in [-0.4, -0.2) is 14.8 Å². The topological polar surface area (TPSA) is 53.5 Å². The molecule has 0 amide bonds. The summed E-state index contributed by atoms with van der Waals surface area (Å²) in [7, 11) is -1.55. The highest BCUT2D eigenvalue weighted by Gasteiger charge is 2.27. The van der Waals surface area contributed by atoms with Crippen molar-refractivity contribution in [2.75, 3.05) is 10.6 Å². The van der Waals surface area contributed by atoms with Crippen LogP contribution in [0.15, 0.2) is 147 Å². The molecule has 0 saturated heterocycles. The number of anilines is 4. The van der Waals surface area contributed by atoms with Crippen molar-refractivity contribution in [3.8, 4) is 28.0 Å². The average molecular weight is 641 g/mol. The Morgan fingerprint density at radius 1 is 0.556 bits per heavy atom. The van der Waals surface area contributed by atoms with Crippen LogP contribution in [0.1, 0.15) is 11.1 Å². The van der Waals surface area contributed by atoms with Crippen LogP contribution in [-0.2, 0) is 0 Å². The summed E-state index contributed by atoms with van der Waals surface area (Å²) in [6.07, 6.45) is 0. The van der Waals surface area contributed by atoms with Crippen molar-refractivity contribution in [3.05, 3.63) is 139 Å². The van der Waals surface area contributed by atoms with E-state index in [0.717, 1.165) is 27.6 Å². The van der Waals surface area contributed by atoms with Gasteiger partial charge in [0.05, 0.1) is 22.7 Å². The highest BCUT2D eigenvalue weighted by Crippen LogP contribution is 2.54. The van der Waals surface area contributed by atoms with Crippen LogP contribution in [0.4, 0.5) is 22.7 Å². The molecule has 0 unspecified atom stereocenters. The molecule has 0 aromatic heterocycles. The number of benzene rings is 6. The predicted molar refractivity (Wildman–Crippen MR) is 192 cm³/mol. The average Bonchev–Trinajstić information content (AvgIpc) is 3.09. The van der Waals surface area contributed by atoms with Gasteiger partial charge < -0.3 is 19.9 Å². The summed E-state index contributed by atoms with van der Waals surface area (Å²) >= 11 is 3.60. The van der Waals surface area contributed by atoms with Crippen LogP contribution in [0.25, 0.3) is 22.3 Å². The number of hydrogen-bond acceptors (Lipinski definition) is 6. The van der Waals surface area contributed by atoms with Crippen LogP contribution in [0.5, 0.6) is 5.75 Å². The third-order valence-electron chi connectivity index (χ3n) is 8.06. The van der Waals surface area contributed by atoms with Crippen molar-refractivity contribution < 1.29 is 9.22 Å². The molecule has 6 aromatic rings. The van der Waals surface area contributed by atoms with Gasteiger partial charge in [0.25, 0.3) is 0 Å². The quantitative estimate of drug-likeness (QED) is 0.167. The normalized spacial score (nSPS) is 12.4. The molecule has 0 spiro atoms. The molecule has 7 heteroatoms. The summed E-state index contributed by atoms with van der Waals surface area (Å²) in [5.74, 6) is 0.781. The van der Waals surface area contributed by atoms with Crippen molar-refractivity contribution in [3.63, 3.8) is 0 Å². The summed E-state index contributed by atoms with van der Waals surface area (Å²) in [6, 6.07) is 44.2. The fourth-order valence-corrected chi connectivity index (χ4v) is 8.59. The van der Waals surface area contributed by atoms with E-state index in [2.05, 4.69) is 140 Å². The molecule has 0 radical (unpaired) electrons. The Morgan fingerprint density at radius 3 is 1.78 bits per heavy atom. The van der Waals surface area contributed by atoms with E-state index in [1.807, 2.05) is 23.9 Å². The monoisotopic (exact) mass is 640 g/mol. The Balaban J connectivity index is 0.000000148. The molecule has 2 heterocycles. The molecular formula is C38H32N2O2S2Si. The molecule has 4 nitrogen and oxygen atoms in total. The maximum absolute atomic E-state index is 9.50. The minimum atomic E-state index is -1.55. The van der Waals surface area contributed by atoms with E-state index < -0.39 is 10.0 Å². The second-order valence-electron chi connectivity index (χ2n) is 10.8. The molecule has 0 aliphatic carbocycles. The molecule has 45 heavy (non-hydrogen) atoms. The Morgan fingerprint density at radius 2 is 1.11 bits per heavy atom. The van der Waals surface area contributed by atoms with E-state index >= 15 is 0 Å². The zero-order valence-corrected chi connectivity index (χ0v) is 28.1. The Kier molecular flexibility index (Phi) is 8.41. The molecular weight excluding hydrogens is 609 g/mol. The summed E-state index contributed by atoms with van der Waals surface area (Å²) in [6.45, 7) is 4.19. The molecule has 0 saturated carbocycles. The van der Waals surface area contributed by atoms with Crippen LogP contribution in [0, 0.1) is 13.8 Å². The Labute approximate surface area is 275 Å². The minimum Gasteiger partial charge on any atom is -0.523 e. The summed E-state index contributed by atoms with van der Waals surface area (Å²) in [4.78, 5) is 14.4. The molecule has 3 N–H and O–H groups in total. The van der Waals surface area contributed by atoms with Gasteiger partial charge in [0, 0.05) is 25.1 Å². The lowest BCUT2D eigenvalue weighted by molar-refractivity contribution is 0.452. The highest BCUT2D eigenvalue weighted by molar-refractivity contribution is 8.00. The van der Waals surface area contributed by atoms with Gasteiger partial charge in [0.2, 0.25) is 0 Å². The van der Waals surface area contributed by atoms with E-state index in [-0.39, 0.29) is 0 Å². The maximum Gasteiger partial charge on any atom is 0.363 e. The number of nitrogens with one attached hydrogen (secondary N) is 2. The van der Waals surface area contributed by atoms with Gasteiger partial charge in [-0.15, -0.1) is 0 Å². The first-order valence-electron chi connectivity index (χ1n) is 14.8. The van der Waals surface area contributed by atoms with E-state index in [1.54, 1.807) is 11.8 Å². The molecule has 2 aliphatic rings. The lowest BCUT2D eigenvalue weighted by Gasteiger charge is -2.28. The van der Waals surface area contributed by atoms with Gasteiger partial charge in [-0.2, -0.15) is 0 Å². The highest BCUT2D eigenvalue weighted by atomic mass is 32.2. The second-order valence-corrected chi connectivity index (χ2v) is 13.4. The van der Waals surface area contributed by atoms with Crippen LogP contribution >= 0.6 is 23.5 Å². The minimum absolute atomic E-state index is 0.781. The van der Waals surface area contributed by atoms with Gasteiger partial charge in [-0.05, 0) is 72.0 Å². The Bertz CT molecular complexity index is 2000. The molecule has 0 fully saturated rings. The SMILES string of the molecule is Cc1c(C)c(-c2ccccc2)c2c(c1O[SiH2]O)Nc1ccccc1S2.c1ccc(-c2cccc3c2Sc2ccccc2N3)cc1. The number of hydrogen-bond donors (Lipinski definition) is 3. The van der Waals surface area contributed by atoms with Crippen molar-refractivity contribution in [1.82, 2.24) is 0 Å². The summed E-state index contributed by atoms with van der Waals surface area (Å²) in [5, 5.41) is 7.07. The van der Waals surface area contributed by atoms with E-state index in [4.69, 9.17) is 4.43 Å². The predicted octanol–water partition coefficient (Wildman–Crippen LogP) is 10.1. The van der Waals surface area contributed by atoms with Crippen molar-refractivity contribution in [1.29, 1.82) is 0 Å². The van der Waals surface area contributed by atoms with Gasteiger partial charge in [-0.1, -0.05) is 121 Å². The third-order valence-corrected chi connectivity index (χ3v) is 10.9. The smallest absolute Gasteiger partial charge is 0.363 e. The third kappa shape index (κ3) is 5.76. The van der Waals surface area contributed by atoms with Gasteiger partial charge in [0.15, 0.2) is 0 Å². The first-order chi connectivity index (χ1) is 22.1. The molecule has 0 atom stereocenters. The molecule has 0 bridgehead atoms. The summed E-state index contributed by atoms with van der Waals surface area (Å²) < 4.78 is 5.74. The number of fused-ring (bicyclic) bond motifs is 4. The van der Waals surface area contributed by atoms with Gasteiger partial charge in [-0.3, -0.25) is 0 Å². The van der Waals surface area contributed by atoms with Gasteiger partial charge in [0.1, 0.15) is 5.75 Å². The van der Waals surface area contributed by atoms with Crippen molar-refractivity contribution >= 4 is 56.3 Å². The fourth-order valence-electron chi connectivity index (χ4n) is 5.76. The molecule has 8 rings (SSSR count). The van der Waals surface area contributed by atoms with Crippen LogP contribution < -0.4 is 15.1 Å². The molecule has 6 aromatic carbocycles. The lowest BCUT2D eigenvalue weighted by Crippen LogP contribution is -2.10. The lowest BCUT2D eigenvalue weighted by atomic mass is 9.95. The van der Waals surface area contributed by atoms with Crippen molar-refractivity contribution in [2.24, 2.45) is 0 Å².